The number of hydrogen-bond acceptors (Lipinski definition) is 5. The highest BCUT2D eigenvalue weighted by Gasteiger charge is 2.17. The van der Waals surface area contributed by atoms with Gasteiger partial charge >= 0.3 is 0 Å². The standard InChI is InChI=1S/C30H26FN7/c31-22-6-4-20(5-7-22)23-10-11-33-30-24(23)15-27(35-30)29-28-26(36-37-29)9-8-25(34-28)21-14-19(16-32-17-21)18-38-12-2-1-3-13-38/h4-11,14-17H,1-3,12-13,18H2,(H,33,35)(H,36,37). The molecule has 1 fully saturated rings. The number of rotatable bonds is 5. The second-order valence-corrected chi connectivity index (χ2v) is 9.89. The summed E-state index contributed by atoms with van der Waals surface area (Å²) < 4.78 is 13.5. The Morgan fingerprint density at radius 2 is 1.76 bits per heavy atom. The predicted octanol–water partition coefficient (Wildman–Crippen LogP) is 6.36. The Bertz CT molecular complexity index is 1750. The highest BCUT2D eigenvalue weighted by atomic mass is 19.1. The second-order valence-electron chi connectivity index (χ2n) is 9.89. The Hall–Kier alpha value is -4.43. The second kappa shape index (κ2) is 9.46. The molecule has 1 aliphatic rings. The van der Waals surface area contributed by atoms with Crippen molar-refractivity contribution in [2.45, 2.75) is 25.8 Å². The number of likely N-dealkylation sites (tertiary alicyclic amines) is 1. The molecule has 0 radical (unpaired) electrons. The number of halogens is 1. The highest BCUT2D eigenvalue weighted by Crippen LogP contribution is 2.33. The third kappa shape index (κ3) is 4.22. The van der Waals surface area contributed by atoms with E-state index in [1.165, 1.54) is 37.0 Å². The zero-order valence-corrected chi connectivity index (χ0v) is 20.8. The number of nitrogens with one attached hydrogen (secondary N) is 2. The van der Waals surface area contributed by atoms with Crippen LogP contribution in [0.15, 0.2) is 73.2 Å². The van der Waals surface area contributed by atoms with Crippen molar-refractivity contribution in [1.29, 1.82) is 0 Å². The smallest absolute Gasteiger partial charge is 0.138 e. The van der Waals surface area contributed by atoms with Crippen LogP contribution in [-0.2, 0) is 6.54 Å². The Kier molecular flexibility index (Phi) is 5.66. The van der Waals surface area contributed by atoms with Gasteiger partial charge in [0.2, 0.25) is 0 Å². The molecule has 0 amide bonds. The van der Waals surface area contributed by atoms with Crippen molar-refractivity contribution in [2.75, 3.05) is 13.1 Å². The summed E-state index contributed by atoms with van der Waals surface area (Å²) in [6, 6.07) is 16.7. The van der Waals surface area contributed by atoms with Crippen LogP contribution >= 0.6 is 0 Å². The van der Waals surface area contributed by atoms with E-state index in [9.17, 15) is 4.39 Å². The largest absolute Gasteiger partial charge is 0.338 e. The number of pyridine rings is 3. The lowest BCUT2D eigenvalue weighted by Gasteiger charge is -2.26. The molecule has 6 heterocycles. The van der Waals surface area contributed by atoms with Gasteiger partial charge in [-0.15, -0.1) is 0 Å². The van der Waals surface area contributed by atoms with Gasteiger partial charge in [0, 0.05) is 36.1 Å². The van der Waals surface area contributed by atoms with Crippen molar-refractivity contribution >= 4 is 22.1 Å². The molecule has 38 heavy (non-hydrogen) atoms. The lowest BCUT2D eigenvalue weighted by Crippen LogP contribution is -2.29. The SMILES string of the molecule is Fc1ccc(-c2ccnc3[nH]c(-c4n[nH]c5ccc(-c6cncc(CN7CCCCC7)c6)nc45)cc23)cc1. The minimum Gasteiger partial charge on any atom is -0.338 e. The Morgan fingerprint density at radius 1 is 0.895 bits per heavy atom. The van der Waals surface area contributed by atoms with E-state index in [-0.39, 0.29) is 5.82 Å². The molecule has 6 aromatic rings. The van der Waals surface area contributed by atoms with Gasteiger partial charge in [0.05, 0.1) is 16.9 Å². The summed E-state index contributed by atoms with van der Waals surface area (Å²) in [7, 11) is 0. The van der Waals surface area contributed by atoms with E-state index in [0.717, 1.165) is 75.5 Å². The summed E-state index contributed by atoms with van der Waals surface area (Å²) in [5.74, 6) is -0.258. The van der Waals surface area contributed by atoms with E-state index in [4.69, 9.17) is 4.98 Å². The summed E-state index contributed by atoms with van der Waals surface area (Å²) in [5, 5.41) is 8.64. The van der Waals surface area contributed by atoms with Crippen molar-refractivity contribution in [3.8, 4) is 33.8 Å². The number of fused-ring (bicyclic) bond motifs is 2. The lowest BCUT2D eigenvalue weighted by molar-refractivity contribution is 0.220. The topological polar surface area (TPSA) is 86.4 Å². The molecule has 0 unspecified atom stereocenters. The number of hydrogen-bond donors (Lipinski definition) is 2. The zero-order chi connectivity index (χ0) is 25.5. The summed E-state index contributed by atoms with van der Waals surface area (Å²) in [6.07, 6.45) is 9.44. The Balaban J connectivity index is 1.25. The third-order valence-electron chi connectivity index (χ3n) is 7.30. The van der Waals surface area contributed by atoms with E-state index >= 15 is 0 Å². The van der Waals surface area contributed by atoms with Crippen molar-refractivity contribution in [3.63, 3.8) is 0 Å². The van der Waals surface area contributed by atoms with E-state index in [2.05, 4.69) is 36.1 Å². The average Bonchev–Trinajstić information content (AvgIpc) is 3.58. The molecular weight excluding hydrogens is 477 g/mol. The number of piperidine rings is 1. The van der Waals surface area contributed by atoms with E-state index in [0.29, 0.717) is 0 Å². The zero-order valence-electron chi connectivity index (χ0n) is 20.8. The molecule has 1 aliphatic heterocycles. The van der Waals surface area contributed by atoms with Crippen LogP contribution in [0.2, 0.25) is 0 Å². The molecule has 1 saturated heterocycles. The van der Waals surface area contributed by atoms with Crippen LogP contribution in [0.1, 0.15) is 24.8 Å². The molecule has 188 valence electrons. The van der Waals surface area contributed by atoms with Crippen molar-refractivity contribution in [2.24, 2.45) is 0 Å². The van der Waals surface area contributed by atoms with Gasteiger partial charge in [0.15, 0.2) is 0 Å². The summed E-state index contributed by atoms with van der Waals surface area (Å²) in [5.41, 5.74) is 8.86. The summed E-state index contributed by atoms with van der Waals surface area (Å²) in [4.78, 5) is 19.9. The maximum Gasteiger partial charge on any atom is 0.138 e. The van der Waals surface area contributed by atoms with Gasteiger partial charge in [-0.3, -0.25) is 15.0 Å². The quantitative estimate of drug-likeness (QED) is 0.286. The number of benzene rings is 1. The molecule has 0 aliphatic carbocycles. The molecular formula is C30H26FN7. The first kappa shape index (κ1) is 22.7. The lowest BCUT2D eigenvalue weighted by atomic mass is 10.0. The number of H-pyrrole nitrogens is 2. The monoisotopic (exact) mass is 503 g/mol. The molecule has 1 aromatic carbocycles. The van der Waals surface area contributed by atoms with Gasteiger partial charge in [-0.1, -0.05) is 18.6 Å². The number of nitrogens with zero attached hydrogens (tertiary/aromatic N) is 5. The van der Waals surface area contributed by atoms with Crippen LogP contribution in [-0.4, -0.2) is 48.1 Å². The molecule has 5 aromatic heterocycles. The predicted molar refractivity (Wildman–Crippen MR) is 147 cm³/mol. The van der Waals surface area contributed by atoms with Crippen molar-refractivity contribution in [3.05, 3.63) is 84.6 Å². The highest BCUT2D eigenvalue weighted by molar-refractivity contribution is 5.99. The fraction of sp³-hybridized carbons (Fsp3) is 0.200. The number of aromatic nitrogens is 6. The van der Waals surface area contributed by atoms with E-state index < -0.39 is 0 Å². The van der Waals surface area contributed by atoms with Gasteiger partial charge in [0.1, 0.15) is 22.7 Å². The van der Waals surface area contributed by atoms with E-state index in [1.807, 2.05) is 36.7 Å². The Labute approximate surface area is 218 Å². The first-order valence-electron chi connectivity index (χ1n) is 13.0. The maximum absolute atomic E-state index is 13.5. The third-order valence-corrected chi connectivity index (χ3v) is 7.30. The van der Waals surface area contributed by atoms with Crippen LogP contribution in [0, 0.1) is 5.82 Å². The maximum atomic E-state index is 13.5. The average molecular weight is 504 g/mol. The van der Waals surface area contributed by atoms with Crippen LogP contribution < -0.4 is 0 Å². The summed E-state index contributed by atoms with van der Waals surface area (Å²) >= 11 is 0. The minimum absolute atomic E-state index is 0.258. The normalized spacial score (nSPS) is 14.4. The van der Waals surface area contributed by atoms with Crippen molar-refractivity contribution in [1.82, 2.24) is 35.0 Å². The molecule has 7 nitrogen and oxygen atoms in total. The molecule has 0 spiro atoms. The molecule has 0 bridgehead atoms. The Morgan fingerprint density at radius 3 is 2.63 bits per heavy atom. The van der Waals surface area contributed by atoms with Crippen LogP contribution in [0.5, 0.6) is 0 Å². The van der Waals surface area contributed by atoms with Gasteiger partial charge in [-0.05, 0) is 85.1 Å². The molecule has 2 N–H and O–H groups in total. The molecule has 8 heteroatoms. The van der Waals surface area contributed by atoms with Gasteiger partial charge in [-0.2, -0.15) is 5.10 Å². The van der Waals surface area contributed by atoms with Gasteiger partial charge in [0.25, 0.3) is 0 Å². The van der Waals surface area contributed by atoms with Crippen molar-refractivity contribution < 1.29 is 4.39 Å². The fourth-order valence-corrected chi connectivity index (χ4v) is 5.37. The molecule has 0 atom stereocenters. The van der Waals surface area contributed by atoms with Crippen LogP contribution in [0.25, 0.3) is 55.8 Å². The molecule has 0 saturated carbocycles. The minimum atomic E-state index is -0.258. The first-order valence-corrected chi connectivity index (χ1v) is 13.0. The van der Waals surface area contributed by atoms with Crippen LogP contribution in [0.4, 0.5) is 4.39 Å². The first-order chi connectivity index (χ1) is 18.7. The summed E-state index contributed by atoms with van der Waals surface area (Å²) in [6.45, 7) is 3.21. The molecule has 7 rings (SSSR count). The fourth-order valence-electron chi connectivity index (χ4n) is 5.37. The number of aromatic amines is 2. The van der Waals surface area contributed by atoms with Crippen LogP contribution in [0.3, 0.4) is 0 Å². The van der Waals surface area contributed by atoms with Gasteiger partial charge in [-0.25, -0.2) is 14.4 Å². The van der Waals surface area contributed by atoms with E-state index in [1.54, 1.807) is 18.3 Å². The van der Waals surface area contributed by atoms with Gasteiger partial charge < -0.3 is 4.98 Å².